The zero-order valence-electron chi connectivity index (χ0n) is 30.6. The van der Waals surface area contributed by atoms with E-state index >= 15 is 0 Å². The first kappa shape index (κ1) is 41.5. The van der Waals surface area contributed by atoms with Gasteiger partial charge >= 0.3 is 24.4 Å². The van der Waals surface area contributed by atoms with Crippen molar-refractivity contribution in [2.75, 3.05) is 89.9 Å². The third kappa shape index (κ3) is 19.2. The highest BCUT2D eigenvalue weighted by molar-refractivity contribution is 5.90. The molecule has 0 heterocycles. The van der Waals surface area contributed by atoms with E-state index < -0.39 is 24.4 Å². The quantitative estimate of drug-likeness (QED) is 0.149. The largest absolute Gasteiger partial charge is 0.447 e. The number of amides is 4. The fraction of sp³-hybridized carbons (Fsp3) is 0.529. The molecule has 2 aromatic rings. The van der Waals surface area contributed by atoms with E-state index in [4.69, 9.17) is 18.9 Å². The molecule has 0 bridgehead atoms. The second kappa shape index (κ2) is 19.3. The van der Waals surface area contributed by atoms with Gasteiger partial charge in [-0.1, -0.05) is 12.1 Å². The number of hydrogen-bond acceptors (Lipinski definition) is 8. The number of ether oxygens (including phenoxy) is 4. The molecule has 0 aliphatic heterocycles. The maximum atomic E-state index is 11.9. The lowest BCUT2D eigenvalue weighted by atomic mass is 10.2. The van der Waals surface area contributed by atoms with Crippen molar-refractivity contribution in [2.45, 2.75) is 53.8 Å². The number of aryl methyl sites for hydroxylation is 2. The van der Waals surface area contributed by atoms with Crippen molar-refractivity contribution in [3.05, 3.63) is 47.5 Å². The van der Waals surface area contributed by atoms with Gasteiger partial charge in [0.25, 0.3) is 0 Å². The fourth-order valence-corrected chi connectivity index (χ4v) is 3.51. The van der Waals surface area contributed by atoms with Gasteiger partial charge < -0.3 is 27.9 Å². The predicted molar refractivity (Wildman–Crippen MR) is 189 cm³/mol. The minimum Gasteiger partial charge on any atom is -0.447 e. The summed E-state index contributed by atoms with van der Waals surface area (Å²) in [6.45, 7) is 12.9. The van der Waals surface area contributed by atoms with E-state index in [2.05, 4.69) is 21.3 Å². The maximum Gasteiger partial charge on any atom is 0.411 e. The molecule has 0 aromatic heterocycles. The summed E-state index contributed by atoms with van der Waals surface area (Å²) in [4.78, 5) is 47.0. The maximum absolute atomic E-state index is 11.9. The average molecular weight is 677 g/mol. The summed E-state index contributed by atoms with van der Waals surface area (Å²) in [7, 11) is 12.1. The first-order valence-corrected chi connectivity index (χ1v) is 15.8. The Hall–Kier alpha value is -4.56. The molecular formula is C34H56N6O8+2. The van der Waals surface area contributed by atoms with Gasteiger partial charge in [0.2, 0.25) is 0 Å². The van der Waals surface area contributed by atoms with Crippen molar-refractivity contribution in [3.8, 4) is 0 Å². The summed E-state index contributed by atoms with van der Waals surface area (Å²) in [5.74, 6) is 0. The van der Waals surface area contributed by atoms with E-state index in [0.717, 1.165) is 24.2 Å². The first-order valence-electron chi connectivity index (χ1n) is 15.8. The van der Waals surface area contributed by atoms with Crippen molar-refractivity contribution in [1.82, 2.24) is 0 Å². The Bertz CT molecular complexity index is 1370. The Kier molecular flexibility index (Phi) is 16.7. The zero-order valence-corrected chi connectivity index (χ0v) is 30.6. The molecule has 0 aliphatic rings. The van der Waals surface area contributed by atoms with Crippen LogP contribution >= 0.6 is 0 Å². The highest BCUT2D eigenvalue weighted by Gasteiger charge is 2.14. The molecule has 48 heavy (non-hydrogen) atoms. The summed E-state index contributed by atoms with van der Waals surface area (Å²) < 4.78 is 21.8. The Balaban J connectivity index is 0.000000480. The van der Waals surface area contributed by atoms with Crippen LogP contribution in [0.4, 0.5) is 41.9 Å². The van der Waals surface area contributed by atoms with E-state index in [-0.39, 0.29) is 12.2 Å². The Morgan fingerprint density at radius 3 is 1.27 bits per heavy atom. The SMILES string of the molecule is Cc1ccc(NC(=O)OC(C)C)cc1NC(=O)OCC[N+](C)(C)C.Cc1ccc(NC(=O)OCC[N+](C)(C)C)cc1NC(=O)OC(C)C. The number of nitrogens with one attached hydrogen (secondary N) is 4. The standard InChI is InChI=1S/2C17H27N3O4/c1-12(2)24-17(22)18-14-8-7-13(3)15(11-14)19-16(21)23-10-9-20(4,5)6;1-12(2)24-17(22)19-15-11-14(8-7-13(15)3)18-16(21)23-10-9-20(4,5)6/h2*7-8,11-12H,9-10H2,1-6H3,(H-,18,19,21,22)/p+2. The van der Waals surface area contributed by atoms with Gasteiger partial charge in [-0.2, -0.15) is 0 Å². The van der Waals surface area contributed by atoms with Gasteiger partial charge in [-0.25, -0.2) is 19.2 Å². The van der Waals surface area contributed by atoms with Crippen LogP contribution in [0.25, 0.3) is 0 Å². The Morgan fingerprint density at radius 2 is 0.896 bits per heavy atom. The predicted octanol–water partition coefficient (Wildman–Crippen LogP) is 6.41. The number of carbonyl (C=O) groups is 4. The molecule has 2 rings (SSSR count). The van der Waals surface area contributed by atoms with E-state index in [0.29, 0.717) is 44.9 Å². The number of rotatable bonds is 12. The van der Waals surface area contributed by atoms with Crippen LogP contribution in [0.1, 0.15) is 38.8 Å². The normalized spacial score (nSPS) is 11.1. The first-order chi connectivity index (χ1) is 22.1. The summed E-state index contributed by atoms with van der Waals surface area (Å²) in [6.07, 6.45) is -2.52. The van der Waals surface area contributed by atoms with Crippen molar-refractivity contribution in [2.24, 2.45) is 0 Å². The lowest BCUT2D eigenvalue weighted by Gasteiger charge is -2.23. The Labute approximate surface area is 285 Å². The lowest BCUT2D eigenvalue weighted by molar-refractivity contribution is -0.870. The van der Waals surface area contributed by atoms with Gasteiger partial charge in [-0.05, 0) is 76.9 Å². The molecule has 0 fully saturated rings. The van der Waals surface area contributed by atoms with Crippen LogP contribution in [0, 0.1) is 13.8 Å². The van der Waals surface area contributed by atoms with Gasteiger partial charge in [-0.3, -0.25) is 21.3 Å². The van der Waals surface area contributed by atoms with Crippen molar-refractivity contribution in [3.63, 3.8) is 0 Å². The lowest BCUT2D eigenvalue weighted by Crippen LogP contribution is -2.38. The van der Waals surface area contributed by atoms with Gasteiger partial charge in [0.05, 0.1) is 54.5 Å². The summed E-state index contributed by atoms with van der Waals surface area (Å²) in [5, 5.41) is 10.6. The van der Waals surface area contributed by atoms with Crippen LogP contribution in [-0.4, -0.2) is 114 Å². The van der Waals surface area contributed by atoms with Crippen LogP contribution in [0.3, 0.4) is 0 Å². The average Bonchev–Trinajstić information content (AvgIpc) is 2.90. The van der Waals surface area contributed by atoms with Gasteiger partial charge in [0.1, 0.15) is 26.3 Å². The van der Waals surface area contributed by atoms with Crippen LogP contribution in [0.5, 0.6) is 0 Å². The fourth-order valence-electron chi connectivity index (χ4n) is 3.51. The number of benzene rings is 2. The number of likely N-dealkylation sites (N-methyl/N-ethyl adjacent to an activating group) is 2. The summed E-state index contributed by atoms with van der Waals surface area (Å²) in [5.41, 5.74) is 3.95. The molecule has 0 spiro atoms. The van der Waals surface area contributed by atoms with Gasteiger partial charge in [0, 0.05) is 22.7 Å². The number of nitrogens with zero attached hydrogens (tertiary/aromatic N) is 2. The third-order valence-electron chi connectivity index (χ3n) is 6.12. The van der Waals surface area contributed by atoms with Crippen LogP contribution < -0.4 is 21.3 Å². The number of hydrogen-bond donors (Lipinski definition) is 4. The molecule has 14 heteroatoms. The minimum absolute atomic E-state index is 0.204. The van der Waals surface area contributed by atoms with Crippen molar-refractivity contribution in [1.29, 1.82) is 0 Å². The summed E-state index contributed by atoms with van der Waals surface area (Å²) in [6, 6.07) is 10.4. The molecule has 0 saturated carbocycles. The molecule has 0 unspecified atom stereocenters. The van der Waals surface area contributed by atoms with Gasteiger partial charge in [-0.15, -0.1) is 0 Å². The van der Waals surface area contributed by atoms with Crippen molar-refractivity contribution < 1.29 is 47.1 Å². The molecule has 2 aromatic carbocycles. The molecule has 0 atom stereocenters. The second-order valence-corrected chi connectivity index (χ2v) is 13.8. The molecule has 14 nitrogen and oxygen atoms in total. The molecular weight excluding hydrogens is 620 g/mol. The smallest absolute Gasteiger partial charge is 0.411 e. The molecule has 0 aliphatic carbocycles. The second-order valence-electron chi connectivity index (χ2n) is 13.8. The molecule has 0 radical (unpaired) electrons. The molecule has 268 valence electrons. The minimum atomic E-state index is -0.537. The van der Waals surface area contributed by atoms with Crippen LogP contribution in [-0.2, 0) is 18.9 Å². The monoisotopic (exact) mass is 676 g/mol. The van der Waals surface area contributed by atoms with Gasteiger partial charge in [0.15, 0.2) is 0 Å². The zero-order chi connectivity index (χ0) is 36.7. The van der Waals surface area contributed by atoms with Crippen LogP contribution in [0.2, 0.25) is 0 Å². The molecule has 4 amide bonds. The number of anilines is 4. The number of quaternary nitrogens is 2. The van der Waals surface area contributed by atoms with E-state index in [1.54, 1.807) is 64.1 Å². The van der Waals surface area contributed by atoms with Crippen molar-refractivity contribution >= 4 is 47.1 Å². The van der Waals surface area contributed by atoms with E-state index in [1.807, 2.05) is 56.1 Å². The third-order valence-corrected chi connectivity index (χ3v) is 6.12. The van der Waals surface area contributed by atoms with Crippen LogP contribution in [0.15, 0.2) is 36.4 Å². The van der Waals surface area contributed by atoms with E-state index in [9.17, 15) is 19.2 Å². The highest BCUT2D eigenvalue weighted by atomic mass is 16.6. The number of carbonyl (C=O) groups excluding carboxylic acids is 4. The van der Waals surface area contributed by atoms with E-state index in [1.165, 1.54) is 0 Å². The molecule has 0 saturated heterocycles. The topological polar surface area (TPSA) is 153 Å². The summed E-state index contributed by atoms with van der Waals surface area (Å²) >= 11 is 0. The molecule has 4 N–H and O–H groups in total. The Morgan fingerprint density at radius 1 is 0.562 bits per heavy atom. The highest BCUT2D eigenvalue weighted by Crippen LogP contribution is 2.22.